The normalized spacial score (nSPS) is 20.9. The van der Waals surface area contributed by atoms with Gasteiger partial charge in [-0.3, -0.25) is 14.5 Å². The van der Waals surface area contributed by atoms with Crippen molar-refractivity contribution in [2.75, 3.05) is 18.4 Å². The number of carbonyl (C=O) groups is 2. The molecule has 1 aliphatic heterocycles. The maximum Gasteiger partial charge on any atom is 0.273 e. The van der Waals surface area contributed by atoms with Crippen LogP contribution in [0.15, 0.2) is 59.1 Å². The molecule has 9 heteroatoms. The maximum atomic E-state index is 14.2. The molecule has 1 saturated heterocycles. The zero-order valence-electron chi connectivity index (χ0n) is 20.5. The highest BCUT2D eigenvalue weighted by Gasteiger charge is 2.38. The van der Waals surface area contributed by atoms with E-state index in [2.05, 4.69) is 20.7 Å². The summed E-state index contributed by atoms with van der Waals surface area (Å²) in [5.74, 6) is -2.61. The predicted octanol–water partition coefficient (Wildman–Crippen LogP) is 5.01. The van der Waals surface area contributed by atoms with Crippen molar-refractivity contribution in [3.8, 4) is 11.3 Å². The molecule has 2 N–H and O–H groups in total. The number of halogens is 2. The number of amides is 2. The van der Waals surface area contributed by atoms with Crippen LogP contribution in [0, 0.1) is 17.6 Å². The van der Waals surface area contributed by atoms with Crippen molar-refractivity contribution in [1.29, 1.82) is 0 Å². The maximum absolute atomic E-state index is 14.2. The minimum absolute atomic E-state index is 0.00820. The van der Waals surface area contributed by atoms with Crippen molar-refractivity contribution in [3.05, 3.63) is 71.9 Å². The summed E-state index contributed by atoms with van der Waals surface area (Å²) >= 11 is 0. The van der Waals surface area contributed by atoms with Crippen LogP contribution in [0.3, 0.4) is 0 Å². The summed E-state index contributed by atoms with van der Waals surface area (Å²) in [5, 5.41) is 9.74. The van der Waals surface area contributed by atoms with Gasteiger partial charge in [0, 0.05) is 43.0 Å². The Morgan fingerprint density at radius 2 is 1.76 bits per heavy atom. The first-order valence-corrected chi connectivity index (χ1v) is 12.8. The van der Waals surface area contributed by atoms with E-state index >= 15 is 0 Å². The fourth-order valence-electron chi connectivity index (χ4n) is 5.39. The molecule has 1 aliphatic carbocycles. The van der Waals surface area contributed by atoms with Gasteiger partial charge < -0.3 is 15.2 Å². The highest BCUT2D eigenvalue weighted by atomic mass is 19.1. The Kier molecular flexibility index (Phi) is 7.60. The number of hydrogen-bond acceptors (Lipinski definition) is 5. The van der Waals surface area contributed by atoms with Crippen molar-refractivity contribution in [2.24, 2.45) is 5.92 Å². The summed E-state index contributed by atoms with van der Waals surface area (Å²) in [6.45, 7) is 1.34. The molecule has 0 bridgehead atoms. The molecular formula is C28H30F2N4O3. The van der Waals surface area contributed by atoms with Crippen LogP contribution in [0.1, 0.15) is 49.0 Å². The van der Waals surface area contributed by atoms with E-state index in [1.165, 1.54) is 31.4 Å². The van der Waals surface area contributed by atoms with Crippen LogP contribution >= 0.6 is 0 Å². The molecule has 37 heavy (non-hydrogen) atoms. The van der Waals surface area contributed by atoms with Crippen LogP contribution in [-0.2, 0) is 4.79 Å². The average molecular weight is 509 g/mol. The van der Waals surface area contributed by atoms with Gasteiger partial charge in [-0.1, -0.05) is 42.6 Å². The van der Waals surface area contributed by atoms with Crippen molar-refractivity contribution >= 4 is 17.5 Å². The fourth-order valence-corrected chi connectivity index (χ4v) is 5.39. The molecule has 0 spiro atoms. The molecule has 1 saturated carbocycles. The molecule has 7 nitrogen and oxygen atoms in total. The van der Waals surface area contributed by atoms with Crippen molar-refractivity contribution in [3.63, 3.8) is 0 Å². The standard InChI is InChI=1S/C28H30F2N4O3/c29-18-11-12-21(23(30)15-18)26-16-25(33-37-26)28(36)32-24-13-14-34(20-9-5-2-6-10-20)17-22(24)27(35)31-19-7-3-1-4-8-19/h1,3-4,7-8,11-12,15-16,20,22,24H,2,5-6,9-10,13-14,17H2,(H,31,35)(H,32,36)/t22-,24-/m1/s1. The third kappa shape index (κ3) is 5.88. The van der Waals surface area contributed by atoms with Gasteiger partial charge in [-0.15, -0.1) is 0 Å². The summed E-state index contributed by atoms with van der Waals surface area (Å²) in [5.41, 5.74) is 0.680. The van der Waals surface area contributed by atoms with Crippen LogP contribution < -0.4 is 10.6 Å². The molecule has 1 aromatic heterocycles. The van der Waals surface area contributed by atoms with Crippen molar-refractivity contribution < 1.29 is 22.9 Å². The van der Waals surface area contributed by atoms with E-state index in [9.17, 15) is 18.4 Å². The number of carbonyl (C=O) groups excluding carboxylic acids is 2. The van der Waals surface area contributed by atoms with Crippen LogP contribution in [0.4, 0.5) is 14.5 Å². The molecule has 194 valence electrons. The summed E-state index contributed by atoms with van der Waals surface area (Å²) in [4.78, 5) is 28.8. The summed E-state index contributed by atoms with van der Waals surface area (Å²) in [7, 11) is 0. The second kappa shape index (κ2) is 11.2. The number of aromatic nitrogens is 1. The highest BCUT2D eigenvalue weighted by molar-refractivity contribution is 5.96. The topological polar surface area (TPSA) is 87.5 Å². The van der Waals surface area contributed by atoms with Gasteiger partial charge in [-0.2, -0.15) is 0 Å². The first-order valence-electron chi connectivity index (χ1n) is 12.8. The number of hydrogen-bond donors (Lipinski definition) is 2. The number of anilines is 1. The van der Waals surface area contributed by atoms with Crippen molar-refractivity contribution in [1.82, 2.24) is 15.4 Å². The van der Waals surface area contributed by atoms with Gasteiger partial charge in [0.15, 0.2) is 11.5 Å². The number of nitrogens with one attached hydrogen (secondary N) is 2. The molecule has 0 radical (unpaired) electrons. The van der Waals surface area contributed by atoms with E-state index in [0.717, 1.165) is 31.5 Å². The second-order valence-corrected chi connectivity index (χ2v) is 9.82. The molecule has 5 rings (SSSR count). The van der Waals surface area contributed by atoms with Gasteiger partial charge in [-0.05, 0) is 43.5 Å². The third-order valence-corrected chi connectivity index (χ3v) is 7.37. The van der Waals surface area contributed by atoms with Crippen LogP contribution in [0.25, 0.3) is 11.3 Å². The van der Waals surface area contributed by atoms with E-state index in [1.54, 1.807) is 0 Å². The Hall–Kier alpha value is -3.59. The van der Waals surface area contributed by atoms with Crippen molar-refractivity contribution in [2.45, 2.75) is 50.6 Å². The summed E-state index contributed by atoms with van der Waals surface area (Å²) < 4.78 is 32.6. The minimum Gasteiger partial charge on any atom is -0.355 e. The van der Waals surface area contributed by atoms with E-state index in [1.807, 2.05) is 30.3 Å². The lowest BCUT2D eigenvalue weighted by atomic mass is 9.87. The Bertz CT molecular complexity index is 1240. The average Bonchev–Trinajstić information content (AvgIpc) is 3.40. The molecule has 2 aromatic carbocycles. The van der Waals surface area contributed by atoms with E-state index in [-0.39, 0.29) is 22.9 Å². The Labute approximate surface area is 214 Å². The number of benzene rings is 2. The molecule has 0 unspecified atom stereocenters. The highest BCUT2D eigenvalue weighted by Crippen LogP contribution is 2.29. The summed E-state index contributed by atoms with van der Waals surface area (Å²) in [6, 6.07) is 13.7. The van der Waals surface area contributed by atoms with Gasteiger partial charge in [0.2, 0.25) is 5.91 Å². The third-order valence-electron chi connectivity index (χ3n) is 7.37. The van der Waals surface area contributed by atoms with E-state index < -0.39 is 29.5 Å². The van der Waals surface area contributed by atoms with Gasteiger partial charge in [0.1, 0.15) is 11.6 Å². The van der Waals surface area contributed by atoms with Crippen LogP contribution in [0.5, 0.6) is 0 Å². The monoisotopic (exact) mass is 508 g/mol. The molecule has 2 atom stereocenters. The SMILES string of the molecule is O=C(N[C@@H]1CCN(C2CCCCC2)C[C@H]1C(=O)Nc1ccccc1)c1cc(-c2ccc(F)cc2F)on1. The van der Waals surface area contributed by atoms with Gasteiger partial charge in [-0.25, -0.2) is 8.78 Å². The van der Waals surface area contributed by atoms with Gasteiger partial charge in [0.05, 0.1) is 11.5 Å². The molecule has 2 heterocycles. The van der Waals surface area contributed by atoms with Gasteiger partial charge >= 0.3 is 0 Å². The Balaban J connectivity index is 1.31. The lowest BCUT2D eigenvalue weighted by Gasteiger charge is -2.43. The van der Waals surface area contributed by atoms with E-state index in [0.29, 0.717) is 24.7 Å². The molecule has 2 aliphatic rings. The van der Waals surface area contributed by atoms with Crippen LogP contribution in [0.2, 0.25) is 0 Å². The minimum atomic E-state index is -0.809. The number of piperidine rings is 1. The summed E-state index contributed by atoms with van der Waals surface area (Å²) in [6.07, 6.45) is 6.53. The predicted molar refractivity (Wildman–Crippen MR) is 135 cm³/mol. The quantitative estimate of drug-likeness (QED) is 0.489. The molecule has 2 amide bonds. The molecular weight excluding hydrogens is 478 g/mol. The number of likely N-dealkylation sites (tertiary alicyclic amines) is 1. The fraction of sp³-hybridized carbons (Fsp3) is 0.393. The lowest BCUT2D eigenvalue weighted by Crippen LogP contribution is -2.57. The second-order valence-electron chi connectivity index (χ2n) is 9.82. The van der Waals surface area contributed by atoms with Gasteiger partial charge in [0.25, 0.3) is 5.91 Å². The zero-order valence-corrected chi connectivity index (χ0v) is 20.5. The zero-order chi connectivity index (χ0) is 25.8. The number of para-hydroxylation sites is 1. The Morgan fingerprint density at radius 1 is 0.973 bits per heavy atom. The van der Waals surface area contributed by atoms with Crippen LogP contribution in [-0.4, -0.2) is 47.0 Å². The number of rotatable bonds is 6. The van der Waals surface area contributed by atoms with E-state index in [4.69, 9.17) is 4.52 Å². The largest absolute Gasteiger partial charge is 0.355 e. The number of nitrogens with zero attached hydrogens (tertiary/aromatic N) is 2. The Morgan fingerprint density at radius 3 is 2.51 bits per heavy atom. The lowest BCUT2D eigenvalue weighted by molar-refractivity contribution is -0.122. The molecule has 3 aromatic rings. The first-order chi connectivity index (χ1) is 18.0. The first kappa shape index (κ1) is 25.1. The smallest absolute Gasteiger partial charge is 0.273 e. The molecule has 2 fully saturated rings.